The van der Waals surface area contributed by atoms with Crippen LogP contribution in [-0.4, -0.2) is 29.4 Å². The molecule has 1 aromatic heterocycles. The minimum atomic E-state index is -5.08. The number of aromatic nitrogens is 2. The van der Waals surface area contributed by atoms with E-state index in [0.717, 1.165) is 7.05 Å². The Bertz CT molecular complexity index is 565. The highest BCUT2D eigenvalue weighted by Gasteiger charge is 2.41. The molecule has 0 saturated carbocycles. The van der Waals surface area contributed by atoms with Gasteiger partial charge in [0.15, 0.2) is 5.69 Å². The van der Waals surface area contributed by atoms with Gasteiger partial charge in [0, 0.05) is 7.05 Å². The van der Waals surface area contributed by atoms with E-state index in [4.69, 9.17) is 4.55 Å². The number of rotatable bonds is 4. The zero-order chi connectivity index (χ0) is 15.0. The second-order valence-electron chi connectivity index (χ2n) is 3.36. The van der Waals surface area contributed by atoms with E-state index in [1.165, 1.54) is 0 Å². The van der Waals surface area contributed by atoms with E-state index >= 15 is 0 Å². The summed E-state index contributed by atoms with van der Waals surface area (Å²) in [5.74, 6) is -2.63. The molecule has 6 nitrogen and oxygen atoms in total. The van der Waals surface area contributed by atoms with Gasteiger partial charge in [-0.2, -0.15) is 35.5 Å². The Balaban J connectivity index is 3.42. The molecule has 0 radical (unpaired) electrons. The third kappa shape index (κ3) is 4.02. The quantitative estimate of drug-likeness (QED) is 0.672. The van der Waals surface area contributed by atoms with Crippen molar-refractivity contribution in [3.8, 4) is 5.88 Å². The average molecular weight is 310 g/mol. The van der Waals surface area contributed by atoms with Gasteiger partial charge >= 0.3 is 12.8 Å². The lowest BCUT2D eigenvalue weighted by Crippen LogP contribution is -2.13. The second kappa shape index (κ2) is 4.92. The molecule has 0 unspecified atom stereocenters. The first-order valence-electron chi connectivity index (χ1n) is 4.45. The molecule has 1 N–H and O–H groups in total. The Kier molecular flexibility index (Phi) is 4.05. The zero-order valence-corrected chi connectivity index (χ0v) is 9.97. The van der Waals surface area contributed by atoms with Gasteiger partial charge in [-0.15, -0.1) is 0 Å². The fourth-order valence-corrected chi connectivity index (χ4v) is 1.95. The van der Waals surface area contributed by atoms with E-state index in [1.54, 1.807) is 0 Å². The summed E-state index contributed by atoms with van der Waals surface area (Å²) in [5.41, 5.74) is -2.90. The number of alkyl halides is 5. The van der Waals surface area contributed by atoms with Crippen LogP contribution in [0.15, 0.2) is 0 Å². The second-order valence-corrected chi connectivity index (χ2v) is 4.81. The SMILES string of the molecule is Cn1nc(C(F)(F)F)c(CS(=O)(=O)O)c1OC(F)F. The molecule has 0 atom stereocenters. The number of hydrogen-bond donors (Lipinski definition) is 1. The summed E-state index contributed by atoms with van der Waals surface area (Å²) in [6.07, 6.45) is -5.08. The van der Waals surface area contributed by atoms with Gasteiger partial charge in [0.05, 0.1) is 5.56 Å². The van der Waals surface area contributed by atoms with Crippen LogP contribution in [0, 0.1) is 0 Å². The van der Waals surface area contributed by atoms with Crippen molar-refractivity contribution in [2.75, 3.05) is 0 Å². The molecule has 0 aromatic carbocycles. The molecular formula is C7H7F5N2O4S. The van der Waals surface area contributed by atoms with Crippen molar-refractivity contribution in [2.45, 2.75) is 18.5 Å². The van der Waals surface area contributed by atoms with Crippen molar-refractivity contribution in [1.82, 2.24) is 9.78 Å². The Labute approximate surface area is 103 Å². The van der Waals surface area contributed by atoms with Crippen molar-refractivity contribution in [3.05, 3.63) is 11.3 Å². The molecule has 0 fully saturated rings. The smallest absolute Gasteiger partial charge is 0.417 e. The van der Waals surface area contributed by atoms with E-state index in [1.807, 2.05) is 0 Å². The molecule has 110 valence electrons. The van der Waals surface area contributed by atoms with Crippen LogP contribution in [-0.2, 0) is 29.1 Å². The maximum absolute atomic E-state index is 12.6. The highest BCUT2D eigenvalue weighted by Crippen LogP contribution is 2.36. The molecule has 1 heterocycles. The standard InChI is InChI=1S/C7H7F5N2O4S/c1-14-5(18-6(8)9)3(2-19(15,16)17)4(13-14)7(10,11)12/h6H,2H2,1H3,(H,15,16,17). The number of halogens is 5. The number of hydrogen-bond acceptors (Lipinski definition) is 4. The summed E-state index contributed by atoms with van der Waals surface area (Å²) in [5, 5.41) is 2.88. The van der Waals surface area contributed by atoms with Gasteiger partial charge in [-0.3, -0.25) is 4.55 Å². The van der Waals surface area contributed by atoms with Crippen molar-refractivity contribution in [2.24, 2.45) is 7.05 Å². The summed E-state index contributed by atoms with van der Waals surface area (Å²) < 4.78 is 95.7. The predicted molar refractivity (Wildman–Crippen MR) is 50.1 cm³/mol. The van der Waals surface area contributed by atoms with Crippen molar-refractivity contribution < 1.29 is 39.7 Å². The minimum Gasteiger partial charge on any atom is -0.417 e. The first kappa shape index (κ1) is 15.6. The Hall–Kier alpha value is -1.43. The molecule has 1 aromatic rings. The van der Waals surface area contributed by atoms with Crippen LogP contribution in [0.4, 0.5) is 22.0 Å². The molecule has 0 aliphatic rings. The Morgan fingerprint density at radius 3 is 2.32 bits per heavy atom. The topological polar surface area (TPSA) is 81.4 Å². The van der Waals surface area contributed by atoms with E-state index in [9.17, 15) is 30.4 Å². The van der Waals surface area contributed by atoms with Crippen LogP contribution in [0.1, 0.15) is 11.3 Å². The van der Waals surface area contributed by atoms with Gasteiger partial charge in [0.25, 0.3) is 10.1 Å². The normalized spacial score (nSPS) is 13.1. The first-order valence-corrected chi connectivity index (χ1v) is 6.05. The van der Waals surface area contributed by atoms with Crippen molar-refractivity contribution in [3.63, 3.8) is 0 Å². The zero-order valence-electron chi connectivity index (χ0n) is 9.15. The number of ether oxygens (including phenoxy) is 1. The van der Waals surface area contributed by atoms with Crippen LogP contribution in [0.2, 0.25) is 0 Å². The summed E-state index contributed by atoms with van der Waals surface area (Å²) in [4.78, 5) is 0. The first-order chi connectivity index (χ1) is 8.42. The lowest BCUT2D eigenvalue weighted by Gasteiger charge is -2.08. The largest absolute Gasteiger partial charge is 0.435 e. The maximum atomic E-state index is 12.6. The highest BCUT2D eigenvalue weighted by molar-refractivity contribution is 7.85. The molecule has 19 heavy (non-hydrogen) atoms. The minimum absolute atomic E-state index is 0.315. The van der Waals surface area contributed by atoms with E-state index in [0.29, 0.717) is 4.68 Å². The fourth-order valence-electron chi connectivity index (χ4n) is 1.32. The number of nitrogens with zero attached hydrogens (tertiary/aromatic N) is 2. The number of aryl methyl sites for hydroxylation is 1. The van der Waals surface area contributed by atoms with Gasteiger partial charge in [0.2, 0.25) is 5.88 Å². The molecule has 0 aliphatic carbocycles. The van der Waals surface area contributed by atoms with E-state index < -0.39 is 45.8 Å². The predicted octanol–water partition coefficient (Wildman–Crippen LogP) is 1.43. The fraction of sp³-hybridized carbons (Fsp3) is 0.571. The molecule has 0 aliphatic heterocycles. The molecule has 0 saturated heterocycles. The Morgan fingerprint density at radius 1 is 1.42 bits per heavy atom. The van der Waals surface area contributed by atoms with Crippen LogP contribution in [0.5, 0.6) is 5.88 Å². The van der Waals surface area contributed by atoms with Gasteiger partial charge in [-0.25, -0.2) is 4.68 Å². The van der Waals surface area contributed by atoms with Crippen molar-refractivity contribution in [1.29, 1.82) is 0 Å². The monoisotopic (exact) mass is 310 g/mol. The molecular weight excluding hydrogens is 303 g/mol. The van der Waals surface area contributed by atoms with Crippen LogP contribution < -0.4 is 4.74 Å². The van der Waals surface area contributed by atoms with E-state index in [2.05, 4.69) is 9.84 Å². The van der Waals surface area contributed by atoms with E-state index in [-0.39, 0.29) is 0 Å². The van der Waals surface area contributed by atoms with Gasteiger partial charge in [0.1, 0.15) is 5.75 Å². The molecule has 0 bridgehead atoms. The van der Waals surface area contributed by atoms with Crippen LogP contribution in [0.3, 0.4) is 0 Å². The van der Waals surface area contributed by atoms with Gasteiger partial charge < -0.3 is 4.74 Å². The lowest BCUT2D eigenvalue weighted by atomic mass is 10.2. The molecule has 12 heteroatoms. The summed E-state index contributed by atoms with van der Waals surface area (Å²) in [6.45, 7) is -3.48. The molecule has 1 rings (SSSR count). The summed E-state index contributed by atoms with van der Waals surface area (Å²) in [7, 11) is -4.02. The molecule has 0 amide bonds. The molecule has 0 spiro atoms. The van der Waals surface area contributed by atoms with Crippen LogP contribution >= 0.6 is 0 Å². The average Bonchev–Trinajstić information content (AvgIpc) is 2.42. The lowest BCUT2D eigenvalue weighted by molar-refractivity contribution is -0.142. The van der Waals surface area contributed by atoms with Gasteiger partial charge in [-0.1, -0.05) is 0 Å². The third-order valence-electron chi connectivity index (χ3n) is 1.88. The van der Waals surface area contributed by atoms with Crippen molar-refractivity contribution >= 4 is 10.1 Å². The van der Waals surface area contributed by atoms with Gasteiger partial charge in [-0.05, 0) is 0 Å². The maximum Gasteiger partial charge on any atom is 0.435 e. The Morgan fingerprint density at radius 2 is 1.95 bits per heavy atom. The summed E-state index contributed by atoms with van der Waals surface area (Å²) >= 11 is 0. The highest BCUT2D eigenvalue weighted by atomic mass is 32.2. The van der Waals surface area contributed by atoms with Crippen LogP contribution in [0.25, 0.3) is 0 Å². The third-order valence-corrected chi connectivity index (χ3v) is 2.54. The summed E-state index contributed by atoms with van der Waals surface area (Å²) in [6, 6.07) is 0.